The lowest BCUT2D eigenvalue weighted by Gasteiger charge is -2.27. The second-order valence-electron chi connectivity index (χ2n) is 4.77. The van der Waals surface area contributed by atoms with E-state index in [0.29, 0.717) is 6.10 Å². The minimum atomic E-state index is -0.331. The largest absolute Gasteiger partial charge is 0.348 e. The van der Waals surface area contributed by atoms with E-state index in [0.717, 1.165) is 12.5 Å². The normalized spacial score (nSPS) is 35.1. The molecule has 13 heavy (non-hydrogen) atoms. The molecule has 1 atom stereocenters. The molecule has 0 N–H and O–H groups in total. The minimum absolute atomic E-state index is 0.331. The summed E-state index contributed by atoms with van der Waals surface area (Å²) in [5.41, 5.74) is 0. The summed E-state index contributed by atoms with van der Waals surface area (Å²) in [7, 11) is 0. The summed E-state index contributed by atoms with van der Waals surface area (Å²) >= 11 is 0. The maximum Gasteiger partial charge on any atom is 0.163 e. The van der Waals surface area contributed by atoms with Gasteiger partial charge < -0.3 is 9.47 Å². The van der Waals surface area contributed by atoms with E-state index in [1.54, 1.807) is 0 Å². The first kappa shape index (κ1) is 9.47. The van der Waals surface area contributed by atoms with Gasteiger partial charge in [0, 0.05) is 0 Å². The van der Waals surface area contributed by atoms with E-state index in [1.165, 1.54) is 32.1 Å². The van der Waals surface area contributed by atoms with Gasteiger partial charge >= 0.3 is 0 Å². The van der Waals surface area contributed by atoms with Crippen molar-refractivity contribution in [3.05, 3.63) is 0 Å². The second-order valence-corrected chi connectivity index (χ2v) is 4.77. The lowest BCUT2D eigenvalue weighted by atomic mass is 9.85. The van der Waals surface area contributed by atoms with Crippen molar-refractivity contribution in [3.8, 4) is 0 Å². The Morgan fingerprint density at radius 3 is 2.31 bits per heavy atom. The summed E-state index contributed by atoms with van der Waals surface area (Å²) in [6, 6.07) is 0. The smallest absolute Gasteiger partial charge is 0.163 e. The fraction of sp³-hybridized carbons (Fsp3) is 1.00. The van der Waals surface area contributed by atoms with Crippen molar-refractivity contribution < 1.29 is 9.47 Å². The van der Waals surface area contributed by atoms with Gasteiger partial charge in [-0.15, -0.1) is 0 Å². The van der Waals surface area contributed by atoms with Crippen LogP contribution >= 0.6 is 0 Å². The average molecular weight is 184 g/mol. The molecule has 2 aliphatic rings. The zero-order valence-corrected chi connectivity index (χ0v) is 8.71. The summed E-state index contributed by atoms with van der Waals surface area (Å²) in [6.07, 6.45) is 7.22. The van der Waals surface area contributed by atoms with Gasteiger partial charge in [-0.2, -0.15) is 0 Å². The fourth-order valence-corrected chi connectivity index (χ4v) is 2.45. The van der Waals surface area contributed by atoms with Gasteiger partial charge in [0.1, 0.15) is 0 Å². The number of hydrogen-bond donors (Lipinski definition) is 0. The molecule has 0 aromatic rings. The molecule has 1 aliphatic heterocycles. The Balaban J connectivity index is 1.87. The first-order valence-electron chi connectivity index (χ1n) is 5.49. The average Bonchev–Trinajstić information content (AvgIpc) is 2.48. The molecular weight excluding hydrogens is 164 g/mol. The molecule has 76 valence electrons. The van der Waals surface area contributed by atoms with Gasteiger partial charge in [0.15, 0.2) is 5.79 Å². The Morgan fingerprint density at radius 1 is 1.08 bits per heavy atom. The number of hydrogen-bond acceptors (Lipinski definition) is 2. The Morgan fingerprint density at radius 2 is 1.77 bits per heavy atom. The number of rotatable bonds is 1. The standard InChI is InChI=1S/C11H20O2/c1-11(2)12-8-10(13-11)9-6-4-3-5-7-9/h9-10H,3-8H2,1-2H3. The van der Waals surface area contributed by atoms with Gasteiger partial charge in [-0.3, -0.25) is 0 Å². The van der Waals surface area contributed by atoms with Crippen molar-refractivity contribution >= 4 is 0 Å². The summed E-state index contributed by atoms with van der Waals surface area (Å²) in [5.74, 6) is 0.429. The first-order valence-corrected chi connectivity index (χ1v) is 5.49. The molecular formula is C11H20O2. The van der Waals surface area contributed by atoms with Crippen molar-refractivity contribution in [2.24, 2.45) is 5.92 Å². The van der Waals surface area contributed by atoms with Crippen LogP contribution in [0.25, 0.3) is 0 Å². The highest BCUT2D eigenvalue weighted by molar-refractivity contribution is 4.80. The second kappa shape index (κ2) is 3.58. The van der Waals surface area contributed by atoms with Crippen molar-refractivity contribution in [3.63, 3.8) is 0 Å². The van der Waals surface area contributed by atoms with Crippen LogP contribution in [-0.2, 0) is 9.47 Å². The number of ether oxygens (including phenoxy) is 2. The molecule has 0 bridgehead atoms. The zero-order valence-electron chi connectivity index (χ0n) is 8.71. The topological polar surface area (TPSA) is 18.5 Å². The predicted molar refractivity (Wildman–Crippen MR) is 51.5 cm³/mol. The van der Waals surface area contributed by atoms with Crippen LogP contribution in [0.2, 0.25) is 0 Å². The molecule has 1 saturated carbocycles. The van der Waals surface area contributed by atoms with E-state index in [9.17, 15) is 0 Å². The molecule has 0 aromatic heterocycles. The van der Waals surface area contributed by atoms with Crippen LogP contribution in [0.3, 0.4) is 0 Å². The minimum Gasteiger partial charge on any atom is -0.348 e. The fourth-order valence-electron chi connectivity index (χ4n) is 2.45. The van der Waals surface area contributed by atoms with E-state index in [2.05, 4.69) is 0 Å². The lowest BCUT2D eigenvalue weighted by Crippen LogP contribution is -2.28. The van der Waals surface area contributed by atoms with Crippen LogP contribution in [0.1, 0.15) is 46.0 Å². The van der Waals surface area contributed by atoms with Crippen molar-refractivity contribution in [2.75, 3.05) is 6.61 Å². The van der Waals surface area contributed by atoms with Crippen LogP contribution in [0, 0.1) is 5.92 Å². The first-order chi connectivity index (χ1) is 6.17. The van der Waals surface area contributed by atoms with Gasteiger partial charge in [0.2, 0.25) is 0 Å². The van der Waals surface area contributed by atoms with Crippen LogP contribution in [0.5, 0.6) is 0 Å². The third kappa shape index (κ3) is 2.23. The van der Waals surface area contributed by atoms with E-state index in [1.807, 2.05) is 13.8 Å². The van der Waals surface area contributed by atoms with E-state index in [-0.39, 0.29) is 5.79 Å². The van der Waals surface area contributed by atoms with Crippen LogP contribution in [-0.4, -0.2) is 18.5 Å². The summed E-state index contributed by atoms with van der Waals surface area (Å²) in [4.78, 5) is 0. The van der Waals surface area contributed by atoms with Crippen molar-refractivity contribution in [2.45, 2.75) is 57.8 Å². The van der Waals surface area contributed by atoms with Crippen molar-refractivity contribution in [1.82, 2.24) is 0 Å². The predicted octanol–water partition coefficient (Wildman–Crippen LogP) is 2.72. The highest BCUT2D eigenvalue weighted by Gasteiger charge is 2.37. The molecule has 1 aliphatic carbocycles. The highest BCUT2D eigenvalue weighted by atomic mass is 16.7. The lowest BCUT2D eigenvalue weighted by molar-refractivity contribution is -0.145. The summed E-state index contributed by atoms with van der Waals surface area (Å²) in [5, 5.41) is 0. The monoisotopic (exact) mass is 184 g/mol. The molecule has 2 rings (SSSR count). The Kier molecular flexibility index (Phi) is 2.61. The summed E-state index contributed by atoms with van der Waals surface area (Å²) in [6.45, 7) is 4.82. The van der Waals surface area contributed by atoms with E-state index >= 15 is 0 Å². The van der Waals surface area contributed by atoms with E-state index in [4.69, 9.17) is 9.47 Å². The van der Waals surface area contributed by atoms with Crippen LogP contribution in [0.4, 0.5) is 0 Å². The molecule has 0 amide bonds. The molecule has 1 unspecified atom stereocenters. The van der Waals surface area contributed by atoms with Gasteiger partial charge in [-0.1, -0.05) is 19.3 Å². The Labute approximate surface area is 80.6 Å². The SMILES string of the molecule is CC1(C)OCC(C2CCCCC2)O1. The van der Waals surface area contributed by atoms with Gasteiger partial charge in [-0.05, 0) is 32.6 Å². The van der Waals surface area contributed by atoms with Gasteiger partial charge in [-0.25, -0.2) is 0 Å². The molecule has 0 radical (unpaired) electrons. The van der Waals surface area contributed by atoms with Crippen LogP contribution < -0.4 is 0 Å². The third-order valence-corrected chi connectivity index (χ3v) is 3.21. The van der Waals surface area contributed by atoms with Gasteiger partial charge in [0.05, 0.1) is 12.7 Å². The van der Waals surface area contributed by atoms with Crippen LogP contribution in [0.15, 0.2) is 0 Å². The van der Waals surface area contributed by atoms with E-state index < -0.39 is 0 Å². The molecule has 2 fully saturated rings. The quantitative estimate of drug-likeness (QED) is 0.624. The van der Waals surface area contributed by atoms with Crippen molar-refractivity contribution in [1.29, 1.82) is 0 Å². The maximum atomic E-state index is 5.87. The Bertz CT molecular complexity index is 171. The zero-order chi connectivity index (χ0) is 9.31. The highest BCUT2D eigenvalue weighted by Crippen LogP contribution is 2.34. The third-order valence-electron chi connectivity index (χ3n) is 3.21. The molecule has 1 heterocycles. The molecule has 1 saturated heterocycles. The maximum absolute atomic E-state index is 5.87. The Hall–Kier alpha value is -0.0800. The molecule has 2 heteroatoms. The van der Waals surface area contributed by atoms with Gasteiger partial charge in [0.25, 0.3) is 0 Å². The molecule has 2 nitrogen and oxygen atoms in total. The molecule has 0 spiro atoms. The summed E-state index contributed by atoms with van der Waals surface area (Å²) < 4.78 is 11.4. The molecule has 0 aromatic carbocycles.